The van der Waals surface area contributed by atoms with Gasteiger partial charge in [0.1, 0.15) is 0 Å². The molecule has 0 aromatic rings. The summed E-state index contributed by atoms with van der Waals surface area (Å²) in [5.74, 6) is 2.10. The predicted octanol–water partition coefficient (Wildman–Crippen LogP) is 2.81. The standard InChI is InChI=1S/C12H23N/c1-9(2)13-8-12(3)7-10-4-5-11(12)6-10/h9-11,13H,4-8H2,1-3H3. The van der Waals surface area contributed by atoms with Crippen LogP contribution in [0, 0.1) is 17.3 Å². The van der Waals surface area contributed by atoms with Crippen molar-refractivity contribution in [2.24, 2.45) is 17.3 Å². The largest absolute Gasteiger partial charge is 0.314 e. The van der Waals surface area contributed by atoms with Crippen LogP contribution in [-0.4, -0.2) is 12.6 Å². The van der Waals surface area contributed by atoms with Gasteiger partial charge in [-0.05, 0) is 36.5 Å². The molecule has 0 aromatic carbocycles. The van der Waals surface area contributed by atoms with Crippen LogP contribution in [0.4, 0.5) is 0 Å². The first-order valence-corrected chi connectivity index (χ1v) is 5.83. The molecule has 0 radical (unpaired) electrons. The maximum absolute atomic E-state index is 3.61. The molecule has 0 aliphatic heterocycles. The Labute approximate surface area is 82.3 Å². The van der Waals surface area contributed by atoms with Crippen LogP contribution in [0.25, 0.3) is 0 Å². The van der Waals surface area contributed by atoms with Gasteiger partial charge < -0.3 is 5.32 Å². The van der Waals surface area contributed by atoms with Crippen LogP contribution in [0.1, 0.15) is 46.5 Å². The second-order valence-electron chi connectivity index (χ2n) is 5.77. The van der Waals surface area contributed by atoms with Gasteiger partial charge in [-0.3, -0.25) is 0 Å². The van der Waals surface area contributed by atoms with E-state index in [4.69, 9.17) is 0 Å². The van der Waals surface area contributed by atoms with Crippen molar-refractivity contribution in [1.82, 2.24) is 5.32 Å². The Hall–Kier alpha value is -0.0400. The number of rotatable bonds is 3. The molecule has 0 saturated heterocycles. The highest BCUT2D eigenvalue weighted by atomic mass is 14.9. The Kier molecular flexibility index (Phi) is 2.39. The SMILES string of the molecule is CC(C)NCC1(C)CC2CCC1C2. The van der Waals surface area contributed by atoms with Crippen molar-refractivity contribution < 1.29 is 0 Å². The van der Waals surface area contributed by atoms with Crippen molar-refractivity contribution in [2.45, 2.75) is 52.5 Å². The van der Waals surface area contributed by atoms with E-state index in [1.165, 1.54) is 32.2 Å². The van der Waals surface area contributed by atoms with Crippen molar-refractivity contribution in [3.05, 3.63) is 0 Å². The average molecular weight is 181 g/mol. The average Bonchev–Trinajstić information content (AvgIpc) is 2.60. The molecular weight excluding hydrogens is 158 g/mol. The number of nitrogens with one attached hydrogen (secondary N) is 1. The Balaban J connectivity index is 1.90. The normalized spacial score (nSPS) is 43.4. The number of hydrogen-bond acceptors (Lipinski definition) is 1. The highest BCUT2D eigenvalue weighted by Crippen LogP contribution is 2.55. The summed E-state index contributed by atoms with van der Waals surface area (Å²) in [6.07, 6.45) is 6.02. The van der Waals surface area contributed by atoms with Gasteiger partial charge in [-0.15, -0.1) is 0 Å². The van der Waals surface area contributed by atoms with Gasteiger partial charge in [0.2, 0.25) is 0 Å². The van der Waals surface area contributed by atoms with Gasteiger partial charge >= 0.3 is 0 Å². The molecule has 3 atom stereocenters. The third-order valence-electron chi connectivity index (χ3n) is 4.20. The minimum absolute atomic E-state index is 0.632. The van der Waals surface area contributed by atoms with E-state index >= 15 is 0 Å². The van der Waals surface area contributed by atoms with Crippen molar-refractivity contribution in [1.29, 1.82) is 0 Å². The van der Waals surface area contributed by atoms with Crippen molar-refractivity contribution in [3.63, 3.8) is 0 Å². The Morgan fingerprint density at radius 1 is 1.38 bits per heavy atom. The fourth-order valence-electron chi connectivity index (χ4n) is 3.37. The van der Waals surface area contributed by atoms with E-state index in [9.17, 15) is 0 Å². The summed E-state index contributed by atoms with van der Waals surface area (Å²) >= 11 is 0. The highest BCUT2D eigenvalue weighted by Gasteiger charge is 2.47. The van der Waals surface area contributed by atoms with E-state index in [0.717, 1.165) is 11.8 Å². The fraction of sp³-hybridized carbons (Fsp3) is 1.00. The van der Waals surface area contributed by atoms with E-state index in [1.807, 2.05) is 0 Å². The molecule has 76 valence electrons. The van der Waals surface area contributed by atoms with Gasteiger partial charge in [0.05, 0.1) is 0 Å². The lowest BCUT2D eigenvalue weighted by Crippen LogP contribution is -2.38. The smallest absolute Gasteiger partial charge is 0.00106 e. The summed E-state index contributed by atoms with van der Waals surface area (Å²) in [4.78, 5) is 0. The molecule has 2 aliphatic rings. The molecule has 2 rings (SSSR count). The minimum atomic E-state index is 0.632. The Morgan fingerprint density at radius 2 is 2.15 bits per heavy atom. The van der Waals surface area contributed by atoms with Crippen molar-refractivity contribution >= 4 is 0 Å². The lowest BCUT2D eigenvalue weighted by atomic mass is 9.74. The van der Waals surface area contributed by atoms with Gasteiger partial charge in [0, 0.05) is 12.6 Å². The first kappa shape index (κ1) is 9.51. The van der Waals surface area contributed by atoms with Crippen LogP contribution < -0.4 is 5.32 Å². The topological polar surface area (TPSA) is 12.0 Å². The molecule has 2 fully saturated rings. The molecular formula is C12H23N. The van der Waals surface area contributed by atoms with Gasteiger partial charge in [-0.25, -0.2) is 0 Å². The van der Waals surface area contributed by atoms with Crippen molar-refractivity contribution in [2.75, 3.05) is 6.54 Å². The van der Waals surface area contributed by atoms with Crippen LogP contribution in [0.15, 0.2) is 0 Å². The fourth-order valence-corrected chi connectivity index (χ4v) is 3.37. The van der Waals surface area contributed by atoms with Crippen LogP contribution in [-0.2, 0) is 0 Å². The Morgan fingerprint density at radius 3 is 2.62 bits per heavy atom. The molecule has 2 saturated carbocycles. The van der Waals surface area contributed by atoms with Crippen LogP contribution >= 0.6 is 0 Å². The summed E-state index contributed by atoms with van der Waals surface area (Å²) in [7, 11) is 0. The highest BCUT2D eigenvalue weighted by molar-refractivity contribution is 4.98. The number of fused-ring (bicyclic) bond motifs is 2. The number of hydrogen-bond donors (Lipinski definition) is 1. The molecule has 1 N–H and O–H groups in total. The Bertz CT molecular complexity index is 188. The van der Waals surface area contributed by atoms with E-state index in [2.05, 4.69) is 26.1 Å². The van der Waals surface area contributed by atoms with Crippen LogP contribution in [0.3, 0.4) is 0 Å². The zero-order valence-corrected chi connectivity index (χ0v) is 9.27. The zero-order valence-electron chi connectivity index (χ0n) is 9.27. The quantitative estimate of drug-likeness (QED) is 0.706. The molecule has 1 nitrogen and oxygen atoms in total. The van der Waals surface area contributed by atoms with Gasteiger partial charge in [-0.1, -0.05) is 27.2 Å². The van der Waals surface area contributed by atoms with Gasteiger partial charge in [0.25, 0.3) is 0 Å². The lowest BCUT2D eigenvalue weighted by Gasteiger charge is -2.35. The molecule has 0 spiro atoms. The summed E-state index contributed by atoms with van der Waals surface area (Å²) < 4.78 is 0. The second kappa shape index (κ2) is 3.27. The maximum atomic E-state index is 3.61. The monoisotopic (exact) mass is 181 g/mol. The van der Waals surface area contributed by atoms with E-state index in [0.29, 0.717) is 11.5 Å². The molecule has 0 amide bonds. The molecule has 2 aliphatic carbocycles. The molecule has 1 heteroatoms. The van der Waals surface area contributed by atoms with Crippen molar-refractivity contribution in [3.8, 4) is 0 Å². The molecule has 2 bridgehead atoms. The molecule has 3 unspecified atom stereocenters. The zero-order chi connectivity index (χ0) is 9.47. The lowest BCUT2D eigenvalue weighted by molar-refractivity contribution is 0.178. The third-order valence-corrected chi connectivity index (χ3v) is 4.20. The third kappa shape index (κ3) is 1.76. The summed E-state index contributed by atoms with van der Waals surface area (Å²) in [5.41, 5.74) is 0.632. The molecule has 13 heavy (non-hydrogen) atoms. The van der Waals surface area contributed by atoms with Gasteiger partial charge in [0.15, 0.2) is 0 Å². The summed E-state index contributed by atoms with van der Waals surface area (Å²) in [6, 6.07) is 0.649. The first-order chi connectivity index (χ1) is 6.10. The summed E-state index contributed by atoms with van der Waals surface area (Å²) in [5, 5.41) is 3.61. The van der Waals surface area contributed by atoms with Crippen LogP contribution in [0.5, 0.6) is 0 Å². The molecule has 0 heterocycles. The predicted molar refractivity (Wildman–Crippen MR) is 56.7 cm³/mol. The van der Waals surface area contributed by atoms with E-state index in [1.54, 1.807) is 0 Å². The second-order valence-corrected chi connectivity index (χ2v) is 5.77. The van der Waals surface area contributed by atoms with E-state index < -0.39 is 0 Å². The van der Waals surface area contributed by atoms with Crippen LogP contribution in [0.2, 0.25) is 0 Å². The summed E-state index contributed by atoms with van der Waals surface area (Å²) in [6.45, 7) is 8.23. The maximum Gasteiger partial charge on any atom is 0.00106 e. The first-order valence-electron chi connectivity index (χ1n) is 5.83. The minimum Gasteiger partial charge on any atom is -0.314 e. The van der Waals surface area contributed by atoms with E-state index in [-0.39, 0.29) is 0 Å². The van der Waals surface area contributed by atoms with Gasteiger partial charge in [-0.2, -0.15) is 0 Å². The molecule has 0 aromatic heterocycles.